The summed E-state index contributed by atoms with van der Waals surface area (Å²) < 4.78 is 5.62. The quantitative estimate of drug-likeness (QED) is 0.710. The Balaban J connectivity index is 2.57. The summed E-state index contributed by atoms with van der Waals surface area (Å²) in [5.41, 5.74) is 0. The van der Waals surface area contributed by atoms with Gasteiger partial charge in [-0.05, 0) is 24.6 Å². The molecule has 0 aromatic heterocycles. The van der Waals surface area contributed by atoms with Gasteiger partial charge in [0.25, 0.3) is 0 Å². The van der Waals surface area contributed by atoms with E-state index in [4.69, 9.17) is 27.9 Å². The van der Waals surface area contributed by atoms with Crippen LogP contribution in [0, 0.1) is 5.92 Å². The summed E-state index contributed by atoms with van der Waals surface area (Å²) in [7, 11) is 0. The lowest BCUT2D eigenvalue weighted by Crippen LogP contribution is -2.12. The molecule has 1 unspecified atom stereocenters. The summed E-state index contributed by atoms with van der Waals surface area (Å²) in [6, 6.07) is 5.26. The van der Waals surface area contributed by atoms with Crippen molar-refractivity contribution < 1.29 is 4.74 Å². The molecule has 1 rings (SSSR count). The minimum Gasteiger partial charge on any atom is -0.492 e. The van der Waals surface area contributed by atoms with Crippen LogP contribution in [0.2, 0.25) is 10.0 Å². The number of hydrogen-bond acceptors (Lipinski definition) is 1. The van der Waals surface area contributed by atoms with Crippen LogP contribution in [0.25, 0.3) is 0 Å². The zero-order chi connectivity index (χ0) is 11.3. The van der Waals surface area contributed by atoms with Crippen LogP contribution in [0.4, 0.5) is 0 Å². The Bertz CT molecular complexity index is 313. The number of halogens is 3. The van der Waals surface area contributed by atoms with Gasteiger partial charge in [-0.25, -0.2) is 0 Å². The number of benzene rings is 1. The monoisotopic (exact) mass is 310 g/mol. The van der Waals surface area contributed by atoms with Gasteiger partial charge in [0, 0.05) is 16.3 Å². The van der Waals surface area contributed by atoms with Crippen LogP contribution >= 0.6 is 39.1 Å². The summed E-state index contributed by atoms with van der Waals surface area (Å²) in [5, 5.41) is 2.13. The number of alkyl halides is 1. The van der Waals surface area contributed by atoms with Crippen LogP contribution in [-0.4, -0.2) is 11.9 Å². The summed E-state index contributed by atoms with van der Waals surface area (Å²) in [5.74, 6) is 1.21. The Kier molecular flexibility index (Phi) is 5.80. The molecular formula is C11H13BrCl2O. The molecule has 0 fully saturated rings. The second kappa shape index (κ2) is 6.62. The molecule has 0 N–H and O–H groups in total. The summed E-state index contributed by atoms with van der Waals surface area (Å²) >= 11 is 15.2. The van der Waals surface area contributed by atoms with Crippen LogP contribution in [0.5, 0.6) is 5.75 Å². The van der Waals surface area contributed by atoms with E-state index >= 15 is 0 Å². The first kappa shape index (κ1) is 13.1. The van der Waals surface area contributed by atoms with Gasteiger partial charge >= 0.3 is 0 Å². The van der Waals surface area contributed by atoms with Crippen LogP contribution in [0.3, 0.4) is 0 Å². The molecule has 0 aliphatic heterocycles. The molecular weight excluding hydrogens is 299 g/mol. The third kappa shape index (κ3) is 4.21. The molecule has 0 heterocycles. The van der Waals surface area contributed by atoms with Gasteiger partial charge in [-0.2, -0.15) is 0 Å². The first-order valence-corrected chi connectivity index (χ1v) is 6.69. The predicted octanol–water partition coefficient (Wildman–Crippen LogP) is 4.79. The third-order valence-corrected chi connectivity index (χ3v) is 3.61. The maximum atomic E-state index is 5.98. The molecule has 0 aliphatic rings. The zero-order valence-electron chi connectivity index (χ0n) is 8.47. The van der Waals surface area contributed by atoms with E-state index in [0.29, 0.717) is 28.3 Å². The van der Waals surface area contributed by atoms with E-state index in [1.54, 1.807) is 18.2 Å². The van der Waals surface area contributed by atoms with Crippen LogP contribution in [0.15, 0.2) is 18.2 Å². The first-order valence-electron chi connectivity index (χ1n) is 4.81. The van der Waals surface area contributed by atoms with Crippen LogP contribution in [-0.2, 0) is 0 Å². The SMILES string of the molecule is CCC(CBr)COc1ccc(Cl)cc1Cl. The summed E-state index contributed by atoms with van der Waals surface area (Å²) in [4.78, 5) is 0. The lowest BCUT2D eigenvalue weighted by molar-refractivity contribution is 0.260. The van der Waals surface area contributed by atoms with E-state index in [1.165, 1.54) is 0 Å². The second-order valence-electron chi connectivity index (χ2n) is 3.31. The van der Waals surface area contributed by atoms with Crippen molar-refractivity contribution in [3.05, 3.63) is 28.2 Å². The van der Waals surface area contributed by atoms with Gasteiger partial charge < -0.3 is 4.74 Å². The molecule has 15 heavy (non-hydrogen) atoms. The largest absolute Gasteiger partial charge is 0.492 e. The van der Waals surface area contributed by atoms with Gasteiger partial charge in [0.05, 0.1) is 11.6 Å². The van der Waals surface area contributed by atoms with Crippen LogP contribution < -0.4 is 4.74 Å². The van der Waals surface area contributed by atoms with Crippen molar-refractivity contribution in [1.82, 2.24) is 0 Å². The Labute approximate surface area is 109 Å². The van der Waals surface area contributed by atoms with Gasteiger partial charge in [-0.3, -0.25) is 0 Å². The van der Waals surface area contributed by atoms with E-state index in [0.717, 1.165) is 11.8 Å². The van der Waals surface area contributed by atoms with Gasteiger partial charge in [0.15, 0.2) is 0 Å². The molecule has 84 valence electrons. The summed E-state index contributed by atoms with van der Waals surface area (Å²) in [6.07, 6.45) is 1.08. The standard InChI is InChI=1S/C11H13BrCl2O/c1-2-8(6-12)7-15-11-4-3-9(13)5-10(11)14/h3-5,8H,2,6-7H2,1H3. The fraction of sp³-hybridized carbons (Fsp3) is 0.455. The second-order valence-corrected chi connectivity index (χ2v) is 4.81. The fourth-order valence-electron chi connectivity index (χ4n) is 1.07. The van der Waals surface area contributed by atoms with Gasteiger partial charge in [0.2, 0.25) is 0 Å². The minimum absolute atomic E-state index is 0.511. The highest BCUT2D eigenvalue weighted by atomic mass is 79.9. The maximum absolute atomic E-state index is 5.98. The first-order chi connectivity index (χ1) is 7.17. The van der Waals surface area contributed by atoms with E-state index < -0.39 is 0 Å². The lowest BCUT2D eigenvalue weighted by Gasteiger charge is -2.13. The molecule has 0 spiro atoms. The Morgan fingerprint density at radius 3 is 2.67 bits per heavy atom. The molecule has 1 atom stereocenters. The highest BCUT2D eigenvalue weighted by molar-refractivity contribution is 9.09. The molecule has 0 saturated carbocycles. The molecule has 0 saturated heterocycles. The minimum atomic E-state index is 0.511. The maximum Gasteiger partial charge on any atom is 0.137 e. The Morgan fingerprint density at radius 1 is 1.40 bits per heavy atom. The lowest BCUT2D eigenvalue weighted by atomic mass is 10.1. The van der Waals surface area contributed by atoms with Crippen molar-refractivity contribution in [2.45, 2.75) is 13.3 Å². The highest BCUT2D eigenvalue weighted by Crippen LogP contribution is 2.28. The van der Waals surface area contributed by atoms with Crippen molar-refractivity contribution in [3.63, 3.8) is 0 Å². The molecule has 0 bridgehead atoms. The average Bonchev–Trinajstić information content (AvgIpc) is 2.22. The number of ether oxygens (including phenoxy) is 1. The van der Waals surface area contributed by atoms with E-state index in [9.17, 15) is 0 Å². The van der Waals surface area contributed by atoms with E-state index in [2.05, 4.69) is 22.9 Å². The molecule has 1 aromatic rings. The topological polar surface area (TPSA) is 9.23 Å². The third-order valence-electron chi connectivity index (χ3n) is 2.16. The van der Waals surface area contributed by atoms with Gasteiger partial charge in [0.1, 0.15) is 5.75 Å². The molecule has 1 aromatic carbocycles. The number of rotatable bonds is 5. The van der Waals surface area contributed by atoms with Gasteiger partial charge in [-0.1, -0.05) is 46.1 Å². The van der Waals surface area contributed by atoms with Crippen molar-refractivity contribution in [1.29, 1.82) is 0 Å². The van der Waals surface area contributed by atoms with E-state index in [-0.39, 0.29) is 0 Å². The van der Waals surface area contributed by atoms with Crippen molar-refractivity contribution in [3.8, 4) is 5.75 Å². The fourth-order valence-corrected chi connectivity index (χ4v) is 2.18. The smallest absolute Gasteiger partial charge is 0.137 e. The highest BCUT2D eigenvalue weighted by Gasteiger charge is 2.07. The summed E-state index contributed by atoms with van der Waals surface area (Å²) in [6.45, 7) is 2.81. The van der Waals surface area contributed by atoms with E-state index in [1.807, 2.05) is 0 Å². The van der Waals surface area contributed by atoms with Crippen LogP contribution in [0.1, 0.15) is 13.3 Å². The Morgan fingerprint density at radius 2 is 2.13 bits per heavy atom. The Hall–Kier alpha value is 0.0800. The van der Waals surface area contributed by atoms with Crippen molar-refractivity contribution in [2.75, 3.05) is 11.9 Å². The van der Waals surface area contributed by atoms with Crippen molar-refractivity contribution >= 4 is 39.1 Å². The molecule has 0 amide bonds. The molecule has 0 radical (unpaired) electrons. The average molecular weight is 312 g/mol. The zero-order valence-corrected chi connectivity index (χ0v) is 11.6. The van der Waals surface area contributed by atoms with Crippen molar-refractivity contribution in [2.24, 2.45) is 5.92 Å². The predicted molar refractivity (Wildman–Crippen MR) is 69.5 cm³/mol. The van der Waals surface area contributed by atoms with Gasteiger partial charge in [-0.15, -0.1) is 0 Å². The molecule has 0 aliphatic carbocycles. The molecule has 4 heteroatoms. The normalized spacial score (nSPS) is 12.5. The number of hydrogen-bond donors (Lipinski definition) is 0. The molecule has 1 nitrogen and oxygen atoms in total.